The highest BCUT2D eigenvalue weighted by molar-refractivity contribution is 6.31. The Morgan fingerprint density at radius 1 is 0.963 bits per heavy atom. The van der Waals surface area contributed by atoms with E-state index in [1.165, 1.54) is 0 Å². The minimum absolute atomic E-state index is 0.0154. The lowest BCUT2D eigenvalue weighted by atomic mass is 10.1. The zero-order valence-corrected chi connectivity index (χ0v) is 16.0. The van der Waals surface area contributed by atoms with E-state index in [4.69, 9.17) is 16.3 Å². The molecule has 3 aromatic carbocycles. The zero-order valence-electron chi connectivity index (χ0n) is 15.2. The summed E-state index contributed by atoms with van der Waals surface area (Å²) in [7, 11) is 0. The van der Waals surface area contributed by atoms with E-state index < -0.39 is 0 Å². The summed E-state index contributed by atoms with van der Waals surface area (Å²) < 4.78 is 5.67. The Bertz CT molecular complexity index is 892. The van der Waals surface area contributed by atoms with E-state index in [1.807, 2.05) is 67.6 Å². The van der Waals surface area contributed by atoms with Gasteiger partial charge in [0.1, 0.15) is 5.75 Å². The van der Waals surface area contributed by atoms with Crippen molar-refractivity contribution >= 4 is 23.2 Å². The van der Waals surface area contributed by atoms with Gasteiger partial charge in [-0.1, -0.05) is 54.1 Å². The molecule has 0 bridgehead atoms. The summed E-state index contributed by atoms with van der Waals surface area (Å²) in [4.78, 5) is 12.1. The zero-order chi connectivity index (χ0) is 19.1. The van der Waals surface area contributed by atoms with Crippen LogP contribution in [-0.4, -0.2) is 12.5 Å². The minimum atomic E-state index is -0.0154. The van der Waals surface area contributed by atoms with Crippen LogP contribution in [0.5, 0.6) is 5.75 Å². The molecule has 0 fully saturated rings. The van der Waals surface area contributed by atoms with Crippen molar-refractivity contribution in [2.45, 2.75) is 19.8 Å². The Hall–Kier alpha value is -2.78. The van der Waals surface area contributed by atoms with Crippen LogP contribution in [0.3, 0.4) is 0 Å². The van der Waals surface area contributed by atoms with Crippen LogP contribution in [-0.2, 0) is 4.79 Å². The summed E-state index contributed by atoms with van der Waals surface area (Å²) in [5.74, 6) is 0.757. The summed E-state index contributed by atoms with van der Waals surface area (Å²) in [6.07, 6.45) is 1.06. The van der Waals surface area contributed by atoms with Gasteiger partial charge >= 0.3 is 0 Å². The first-order valence-electron chi connectivity index (χ1n) is 8.96. The molecule has 0 atom stereocenters. The largest absolute Gasteiger partial charge is 0.494 e. The van der Waals surface area contributed by atoms with E-state index in [2.05, 4.69) is 17.4 Å². The Morgan fingerprint density at radius 2 is 1.67 bits per heavy atom. The number of halogens is 1. The van der Waals surface area contributed by atoms with E-state index in [0.29, 0.717) is 19.4 Å². The lowest BCUT2D eigenvalue weighted by molar-refractivity contribution is -0.116. The van der Waals surface area contributed by atoms with Crippen LogP contribution in [0.4, 0.5) is 5.69 Å². The molecule has 4 heteroatoms. The number of rotatable bonds is 7. The molecule has 0 aliphatic rings. The number of aryl methyl sites for hydroxylation is 1. The first kappa shape index (κ1) is 19.0. The summed E-state index contributed by atoms with van der Waals surface area (Å²) >= 11 is 6.00. The second-order valence-corrected chi connectivity index (χ2v) is 6.76. The molecule has 1 N–H and O–H groups in total. The molecule has 3 rings (SSSR count). The van der Waals surface area contributed by atoms with Crippen molar-refractivity contribution in [1.29, 1.82) is 0 Å². The van der Waals surface area contributed by atoms with Gasteiger partial charge in [-0.2, -0.15) is 0 Å². The van der Waals surface area contributed by atoms with E-state index >= 15 is 0 Å². The number of hydrogen-bond donors (Lipinski definition) is 1. The van der Waals surface area contributed by atoms with E-state index in [9.17, 15) is 4.79 Å². The molecular weight excluding hydrogens is 358 g/mol. The SMILES string of the molecule is Cc1cc(OCCCC(=O)Nc2ccc(-c3ccccc3)cc2)ccc1Cl. The number of amides is 1. The van der Waals surface area contributed by atoms with E-state index in [-0.39, 0.29) is 5.91 Å². The van der Waals surface area contributed by atoms with Crippen molar-refractivity contribution < 1.29 is 9.53 Å². The van der Waals surface area contributed by atoms with Crippen LogP contribution in [0.15, 0.2) is 72.8 Å². The van der Waals surface area contributed by atoms with Gasteiger partial charge in [-0.05, 0) is 60.4 Å². The summed E-state index contributed by atoms with van der Waals surface area (Å²) in [6, 6.07) is 23.6. The standard InChI is InChI=1S/C23H22ClNO2/c1-17-16-21(13-14-22(17)24)27-15-5-8-23(26)25-20-11-9-19(10-12-20)18-6-3-2-4-7-18/h2-4,6-7,9-14,16H,5,8,15H2,1H3,(H,25,26). The summed E-state index contributed by atoms with van der Waals surface area (Å²) in [5, 5.41) is 3.65. The van der Waals surface area contributed by atoms with Gasteiger partial charge in [-0.3, -0.25) is 4.79 Å². The highest BCUT2D eigenvalue weighted by atomic mass is 35.5. The van der Waals surface area contributed by atoms with Crippen molar-refractivity contribution in [2.75, 3.05) is 11.9 Å². The maximum absolute atomic E-state index is 12.1. The fourth-order valence-electron chi connectivity index (χ4n) is 2.73. The van der Waals surface area contributed by atoms with Crippen molar-refractivity contribution in [1.82, 2.24) is 0 Å². The molecule has 0 spiro atoms. The molecule has 27 heavy (non-hydrogen) atoms. The fourth-order valence-corrected chi connectivity index (χ4v) is 2.85. The van der Waals surface area contributed by atoms with Gasteiger partial charge in [-0.15, -0.1) is 0 Å². The Labute approximate surface area is 164 Å². The molecule has 3 nitrogen and oxygen atoms in total. The lowest BCUT2D eigenvalue weighted by Crippen LogP contribution is -2.12. The van der Waals surface area contributed by atoms with Gasteiger partial charge in [0.15, 0.2) is 0 Å². The molecule has 0 saturated heterocycles. The average molecular weight is 380 g/mol. The van der Waals surface area contributed by atoms with Gasteiger partial charge in [0.25, 0.3) is 0 Å². The molecule has 138 valence electrons. The molecular formula is C23H22ClNO2. The van der Waals surface area contributed by atoms with Crippen LogP contribution < -0.4 is 10.1 Å². The van der Waals surface area contributed by atoms with Crippen LogP contribution in [0, 0.1) is 6.92 Å². The van der Waals surface area contributed by atoms with Crippen LogP contribution in [0.2, 0.25) is 5.02 Å². The van der Waals surface area contributed by atoms with Crippen LogP contribution >= 0.6 is 11.6 Å². The highest BCUT2D eigenvalue weighted by Gasteiger charge is 2.04. The second kappa shape index (κ2) is 9.24. The molecule has 0 aromatic heterocycles. The van der Waals surface area contributed by atoms with Gasteiger partial charge < -0.3 is 10.1 Å². The minimum Gasteiger partial charge on any atom is -0.494 e. The fraction of sp³-hybridized carbons (Fsp3) is 0.174. The summed E-state index contributed by atoms with van der Waals surface area (Å²) in [6.45, 7) is 2.42. The molecule has 0 radical (unpaired) electrons. The van der Waals surface area contributed by atoms with Gasteiger partial charge in [0, 0.05) is 17.1 Å². The monoisotopic (exact) mass is 379 g/mol. The predicted molar refractivity (Wildman–Crippen MR) is 111 cm³/mol. The topological polar surface area (TPSA) is 38.3 Å². The van der Waals surface area contributed by atoms with Gasteiger partial charge in [0.05, 0.1) is 6.61 Å². The smallest absolute Gasteiger partial charge is 0.224 e. The van der Waals surface area contributed by atoms with E-state index in [0.717, 1.165) is 33.1 Å². The average Bonchev–Trinajstić information content (AvgIpc) is 2.69. The molecule has 0 heterocycles. The van der Waals surface area contributed by atoms with Gasteiger partial charge in [0.2, 0.25) is 5.91 Å². The third-order valence-corrected chi connectivity index (χ3v) is 4.65. The van der Waals surface area contributed by atoms with Crippen molar-refractivity contribution in [3.8, 4) is 16.9 Å². The van der Waals surface area contributed by atoms with Crippen LogP contribution in [0.1, 0.15) is 18.4 Å². The number of benzene rings is 3. The Morgan fingerprint density at radius 3 is 2.37 bits per heavy atom. The molecule has 3 aromatic rings. The van der Waals surface area contributed by atoms with Crippen molar-refractivity contribution in [3.63, 3.8) is 0 Å². The third-order valence-electron chi connectivity index (χ3n) is 4.22. The Kier molecular flexibility index (Phi) is 6.50. The number of hydrogen-bond acceptors (Lipinski definition) is 2. The van der Waals surface area contributed by atoms with Crippen LogP contribution in [0.25, 0.3) is 11.1 Å². The molecule has 1 amide bonds. The van der Waals surface area contributed by atoms with Crippen molar-refractivity contribution in [2.24, 2.45) is 0 Å². The second-order valence-electron chi connectivity index (χ2n) is 6.35. The number of carbonyl (C=O) groups excluding carboxylic acids is 1. The number of carbonyl (C=O) groups is 1. The number of ether oxygens (including phenoxy) is 1. The number of anilines is 1. The predicted octanol–water partition coefficient (Wildman–Crippen LogP) is 6.11. The quantitative estimate of drug-likeness (QED) is 0.502. The first-order valence-corrected chi connectivity index (χ1v) is 9.34. The highest BCUT2D eigenvalue weighted by Crippen LogP contribution is 2.22. The Balaban J connectivity index is 1.43. The maximum Gasteiger partial charge on any atom is 0.224 e. The van der Waals surface area contributed by atoms with E-state index in [1.54, 1.807) is 0 Å². The van der Waals surface area contributed by atoms with Gasteiger partial charge in [-0.25, -0.2) is 0 Å². The normalized spacial score (nSPS) is 10.4. The lowest BCUT2D eigenvalue weighted by Gasteiger charge is -2.09. The molecule has 0 saturated carbocycles. The maximum atomic E-state index is 12.1. The molecule has 0 unspecified atom stereocenters. The molecule has 0 aliphatic heterocycles. The summed E-state index contributed by atoms with van der Waals surface area (Å²) in [5.41, 5.74) is 4.06. The third kappa shape index (κ3) is 5.60. The number of nitrogens with one attached hydrogen (secondary N) is 1. The van der Waals surface area contributed by atoms with Crippen molar-refractivity contribution in [3.05, 3.63) is 83.4 Å². The molecule has 0 aliphatic carbocycles. The first-order chi connectivity index (χ1) is 13.1.